The van der Waals surface area contributed by atoms with E-state index in [0.29, 0.717) is 36.8 Å². The third kappa shape index (κ3) is 4.20. The van der Waals surface area contributed by atoms with Gasteiger partial charge >= 0.3 is 0 Å². The van der Waals surface area contributed by atoms with Gasteiger partial charge in [-0.15, -0.1) is 0 Å². The number of amides is 2. The van der Waals surface area contributed by atoms with Crippen LogP contribution in [-0.4, -0.2) is 43.5 Å². The smallest absolute Gasteiger partial charge is 0.255 e. The quantitative estimate of drug-likeness (QED) is 0.693. The van der Waals surface area contributed by atoms with Gasteiger partial charge in [-0.3, -0.25) is 9.59 Å². The third-order valence-electron chi connectivity index (χ3n) is 4.43. The molecule has 146 valence electrons. The van der Waals surface area contributed by atoms with Crippen LogP contribution in [0, 0.1) is 0 Å². The van der Waals surface area contributed by atoms with Crippen molar-refractivity contribution in [1.29, 1.82) is 0 Å². The maximum atomic E-state index is 13.2. The molecule has 2 amide bonds. The number of piperazine rings is 1. The zero-order valence-corrected chi connectivity index (χ0v) is 17.1. The van der Waals surface area contributed by atoms with E-state index in [1.54, 1.807) is 29.2 Å². The Hall–Kier alpha value is -2.80. The molecule has 1 fully saturated rings. The number of hydrogen-bond donors (Lipinski definition) is 1. The van der Waals surface area contributed by atoms with Gasteiger partial charge in [0.2, 0.25) is 5.91 Å². The predicted octanol–water partition coefficient (Wildman–Crippen LogP) is 3.34. The number of carbonyl (C=O) groups excluding carboxylic acids is 2. The topological polar surface area (TPSA) is 67.9 Å². The Labute approximate surface area is 172 Å². The van der Waals surface area contributed by atoms with E-state index in [9.17, 15) is 9.59 Å². The van der Waals surface area contributed by atoms with E-state index in [2.05, 4.69) is 27.8 Å². The van der Waals surface area contributed by atoms with Crippen LogP contribution in [0.5, 0.6) is 11.5 Å². The zero-order chi connectivity index (χ0) is 20.1. The number of ether oxygens (including phenoxy) is 2. The first-order chi connectivity index (χ1) is 13.5. The molecule has 6 nitrogen and oxygen atoms in total. The van der Waals surface area contributed by atoms with Crippen LogP contribution in [0.2, 0.25) is 0 Å². The molecule has 0 saturated carbocycles. The summed E-state index contributed by atoms with van der Waals surface area (Å²) in [5.74, 6) is 0.547. The molecule has 0 radical (unpaired) electrons. The lowest BCUT2D eigenvalue weighted by Crippen LogP contribution is -2.52. The molecule has 1 aliphatic heterocycles. The van der Waals surface area contributed by atoms with E-state index in [0.717, 1.165) is 10.0 Å². The van der Waals surface area contributed by atoms with Crippen LogP contribution in [0.15, 0.2) is 59.6 Å². The van der Waals surface area contributed by atoms with Gasteiger partial charge in [-0.2, -0.15) is 0 Å². The minimum atomic E-state index is -0.683. The van der Waals surface area contributed by atoms with Crippen LogP contribution in [0.4, 0.5) is 0 Å². The highest BCUT2D eigenvalue weighted by molar-refractivity contribution is 9.10. The molecular formula is C21H21BrN2O4. The highest BCUT2D eigenvalue weighted by Gasteiger charge is 2.35. The molecule has 0 aromatic heterocycles. The minimum absolute atomic E-state index is 0.195. The SMILES string of the molecule is C=CCOc1ccc(C(=O)N2CCNC(=O)C2c2ccc(Br)cc2)cc1OC. The molecule has 0 spiro atoms. The van der Waals surface area contributed by atoms with Crippen LogP contribution in [0.3, 0.4) is 0 Å². The van der Waals surface area contributed by atoms with Gasteiger partial charge in [0.1, 0.15) is 12.6 Å². The summed E-state index contributed by atoms with van der Waals surface area (Å²) >= 11 is 3.39. The van der Waals surface area contributed by atoms with E-state index in [1.807, 2.05) is 24.3 Å². The molecule has 0 aliphatic carbocycles. The molecule has 2 aromatic carbocycles. The number of nitrogens with one attached hydrogen (secondary N) is 1. The van der Waals surface area contributed by atoms with Crippen molar-refractivity contribution >= 4 is 27.7 Å². The third-order valence-corrected chi connectivity index (χ3v) is 4.95. The highest BCUT2D eigenvalue weighted by Crippen LogP contribution is 2.31. The summed E-state index contributed by atoms with van der Waals surface area (Å²) in [4.78, 5) is 27.3. The van der Waals surface area contributed by atoms with Gasteiger partial charge in [-0.05, 0) is 35.9 Å². The Balaban J connectivity index is 1.91. The summed E-state index contributed by atoms with van der Waals surface area (Å²) in [5.41, 5.74) is 1.19. The average Bonchev–Trinajstić information content (AvgIpc) is 2.72. The standard InChI is InChI=1S/C21H21BrN2O4/c1-3-12-28-17-9-6-15(13-18(17)27-2)21(26)24-11-10-23-20(25)19(24)14-4-7-16(22)8-5-14/h3-9,13,19H,1,10-12H2,2H3,(H,23,25). The van der Waals surface area contributed by atoms with Crippen LogP contribution >= 0.6 is 15.9 Å². The molecule has 1 unspecified atom stereocenters. The van der Waals surface area contributed by atoms with Crippen molar-refractivity contribution in [2.75, 3.05) is 26.8 Å². The molecule has 3 rings (SSSR count). The summed E-state index contributed by atoms with van der Waals surface area (Å²) in [6.07, 6.45) is 1.63. The number of hydrogen-bond acceptors (Lipinski definition) is 4. The molecule has 1 saturated heterocycles. The van der Waals surface area contributed by atoms with Gasteiger partial charge in [-0.1, -0.05) is 40.7 Å². The molecule has 7 heteroatoms. The molecule has 1 heterocycles. The fourth-order valence-corrected chi connectivity index (χ4v) is 3.36. The normalized spacial score (nSPS) is 16.3. The number of benzene rings is 2. The van der Waals surface area contributed by atoms with Gasteiger partial charge in [-0.25, -0.2) is 0 Å². The minimum Gasteiger partial charge on any atom is -0.493 e. The van der Waals surface area contributed by atoms with Crippen molar-refractivity contribution in [3.05, 3.63) is 70.7 Å². The molecule has 1 atom stereocenters. The van der Waals surface area contributed by atoms with Gasteiger partial charge in [0, 0.05) is 23.1 Å². The summed E-state index contributed by atoms with van der Waals surface area (Å²) in [6, 6.07) is 11.7. The summed E-state index contributed by atoms with van der Waals surface area (Å²) in [5, 5.41) is 2.84. The Morgan fingerprint density at radius 2 is 2.04 bits per heavy atom. The van der Waals surface area contributed by atoms with Crippen LogP contribution in [0.25, 0.3) is 0 Å². The van der Waals surface area contributed by atoms with Crippen LogP contribution in [-0.2, 0) is 4.79 Å². The fraction of sp³-hybridized carbons (Fsp3) is 0.238. The van der Waals surface area contributed by atoms with E-state index in [-0.39, 0.29) is 11.8 Å². The van der Waals surface area contributed by atoms with Gasteiger partial charge in [0.05, 0.1) is 7.11 Å². The number of halogens is 1. The predicted molar refractivity (Wildman–Crippen MR) is 110 cm³/mol. The summed E-state index contributed by atoms with van der Waals surface area (Å²) in [7, 11) is 1.52. The monoisotopic (exact) mass is 444 g/mol. The fourth-order valence-electron chi connectivity index (χ4n) is 3.10. The molecule has 1 aliphatic rings. The lowest BCUT2D eigenvalue weighted by Gasteiger charge is -2.35. The Morgan fingerprint density at radius 3 is 2.71 bits per heavy atom. The maximum absolute atomic E-state index is 13.2. The van der Waals surface area contributed by atoms with E-state index >= 15 is 0 Å². The summed E-state index contributed by atoms with van der Waals surface area (Å²) < 4.78 is 11.8. The molecule has 2 aromatic rings. The molecular weight excluding hydrogens is 424 g/mol. The van der Waals surface area contributed by atoms with E-state index in [4.69, 9.17) is 9.47 Å². The second kappa shape index (κ2) is 8.93. The van der Waals surface area contributed by atoms with Crippen LogP contribution in [0.1, 0.15) is 22.0 Å². The molecule has 1 N–H and O–H groups in total. The first kappa shape index (κ1) is 19.9. The van der Waals surface area contributed by atoms with Crippen LogP contribution < -0.4 is 14.8 Å². The maximum Gasteiger partial charge on any atom is 0.255 e. The van der Waals surface area contributed by atoms with Crippen molar-refractivity contribution in [3.8, 4) is 11.5 Å². The first-order valence-corrected chi connectivity index (χ1v) is 9.60. The largest absolute Gasteiger partial charge is 0.493 e. The lowest BCUT2D eigenvalue weighted by atomic mass is 10.0. The highest BCUT2D eigenvalue weighted by atomic mass is 79.9. The van der Waals surface area contributed by atoms with Crippen molar-refractivity contribution in [3.63, 3.8) is 0 Å². The Bertz CT molecular complexity index is 882. The summed E-state index contributed by atoms with van der Waals surface area (Å²) in [6.45, 7) is 4.79. The van der Waals surface area contributed by atoms with Crippen molar-refractivity contribution in [1.82, 2.24) is 10.2 Å². The second-order valence-corrected chi connectivity index (χ2v) is 7.12. The van der Waals surface area contributed by atoms with Crippen molar-refractivity contribution in [2.45, 2.75) is 6.04 Å². The Morgan fingerprint density at radius 1 is 1.29 bits per heavy atom. The van der Waals surface area contributed by atoms with Gasteiger partial charge < -0.3 is 19.7 Å². The first-order valence-electron chi connectivity index (χ1n) is 8.81. The van der Waals surface area contributed by atoms with Crippen molar-refractivity contribution in [2.24, 2.45) is 0 Å². The zero-order valence-electron chi connectivity index (χ0n) is 15.5. The van der Waals surface area contributed by atoms with Gasteiger partial charge in [0.25, 0.3) is 5.91 Å². The van der Waals surface area contributed by atoms with E-state index < -0.39 is 6.04 Å². The van der Waals surface area contributed by atoms with E-state index in [1.165, 1.54) is 7.11 Å². The Kier molecular flexibility index (Phi) is 6.36. The average molecular weight is 445 g/mol. The number of carbonyl (C=O) groups is 2. The number of rotatable bonds is 6. The second-order valence-electron chi connectivity index (χ2n) is 6.21. The lowest BCUT2D eigenvalue weighted by molar-refractivity contribution is -0.128. The number of methoxy groups -OCH3 is 1. The van der Waals surface area contributed by atoms with Gasteiger partial charge in [0.15, 0.2) is 11.5 Å². The number of nitrogens with zero attached hydrogens (tertiary/aromatic N) is 1. The molecule has 0 bridgehead atoms. The molecule has 28 heavy (non-hydrogen) atoms. The van der Waals surface area contributed by atoms with Crippen molar-refractivity contribution < 1.29 is 19.1 Å².